The molecule has 0 fully saturated rings. The molecule has 4 heteroatoms. The summed E-state index contributed by atoms with van der Waals surface area (Å²) in [4.78, 5) is 16.8. The van der Waals surface area contributed by atoms with E-state index >= 15 is 0 Å². The second kappa shape index (κ2) is 6.92. The molecular formula is C19H20N2OS. The first-order chi connectivity index (χ1) is 11.1. The number of carbonyl (C=O) groups excluding carboxylic acids is 1. The summed E-state index contributed by atoms with van der Waals surface area (Å²) in [6.45, 7) is 4.75. The summed E-state index contributed by atoms with van der Waals surface area (Å²) in [5.74, 6) is -0.00241. The zero-order valence-corrected chi connectivity index (χ0v) is 14.2. The largest absolute Gasteiger partial charge is 0.352 e. The van der Waals surface area contributed by atoms with Crippen LogP contribution in [0.2, 0.25) is 0 Å². The minimum atomic E-state index is -0.00241. The summed E-state index contributed by atoms with van der Waals surface area (Å²) in [5.41, 5.74) is 4.14. The van der Waals surface area contributed by atoms with Crippen LogP contribution in [0.3, 0.4) is 0 Å². The van der Waals surface area contributed by atoms with Gasteiger partial charge in [-0.05, 0) is 55.7 Å². The summed E-state index contributed by atoms with van der Waals surface area (Å²) in [6.07, 6.45) is 1.79. The van der Waals surface area contributed by atoms with Gasteiger partial charge in [0.1, 0.15) is 0 Å². The van der Waals surface area contributed by atoms with Gasteiger partial charge in [-0.1, -0.05) is 18.2 Å². The number of thiazole rings is 1. The quantitative estimate of drug-likeness (QED) is 0.712. The van der Waals surface area contributed by atoms with E-state index in [0.717, 1.165) is 34.5 Å². The summed E-state index contributed by atoms with van der Waals surface area (Å²) in [6, 6.07) is 14.0. The van der Waals surface area contributed by atoms with E-state index in [-0.39, 0.29) is 5.91 Å². The van der Waals surface area contributed by atoms with Gasteiger partial charge in [-0.15, -0.1) is 11.3 Å². The maximum atomic E-state index is 12.1. The number of hydrogen-bond acceptors (Lipinski definition) is 3. The molecule has 0 saturated carbocycles. The Balaban J connectivity index is 1.51. The molecule has 0 radical (unpaired) electrons. The van der Waals surface area contributed by atoms with Crippen LogP contribution < -0.4 is 5.32 Å². The summed E-state index contributed by atoms with van der Waals surface area (Å²) >= 11 is 1.73. The fourth-order valence-corrected chi connectivity index (χ4v) is 3.46. The van der Waals surface area contributed by atoms with E-state index in [1.54, 1.807) is 11.3 Å². The predicted octanol–water partition coefficient (Wildman–Crippen LogP) is 4.28. The fourth-order valence-electron chi connectivity index (χ4n) is 2.45. The second-order valence-electron chi connectivity index (χ2n) is 5.73. The highest BCUT2D eigenvalue weighted by molar-refractivity contribution is 7.18. The van der Waals surface area contributed by atoms with Gasteiger partial charge in [0.25, 0.3) is 5.91 Å². The van der Waals surface area contributed by atoms with Crippen molar-refractivity contribution in [1.29, 1.82) is 0 Å². The molecule has 1 N–H and O–H groups in total. The van der Waals surface area contributed by atoms with Crippen molar-refractivity contribution in [3.63, 3.8) is 0 Å². The van der Waals surface area contributed by atoms with Crippen molar-refractivity contribution in [3.05, 3.63) is 64.2 Å². The molecule has 3 aromatic rings. The van der Waals surface area contributed by atoms with Gasteiger partial charge >= 0.3 is 0 Å². The third-order valence-corrected chi connectivity index (χ3v) is 5.06. The number of nitrogens with one attached hydrogen (secondary N) is 1. The third-order valence-electron chi connectivity index (χ3n) is 3.96. The molecule has 0 atom stereocenters. The molecule has 0 unspecified atom stereocenters. The highest BCUT2D eigenvalue weighted by Crippen LogP contribution is 2.22. The van der Waals surface area contributed by atoms with Gasteiger partial charge in [-0.25, -0.2) is 4.98 Å². The number of para-hydroxylation sites is 1. The Morgan fingerprint density at radius 3 is 2.74 bits per heavy atom. The molecule has 1 heterocycles. The van der Waals surface area contributed by atoms with E-state index in [4.69, 9.17) is 0 Å². The van der Waals surface area contributed by atoms with Crippen molar-refractivity contribution in [3.8, 4) is 0 Å². The number of carbonyl (C=O) groups is 1. The Kier molecular flexibility index (Phi) is 4.72. The number of nitrogens with zero attached hydrogens (tertiary/aromatic N) is 1. The lowest BCUT2D eigenvalue weighted by molar-refractivity contribution is 0.0953. The van der Waals surface area contributed by atoms with Gasteiger partial charge in [0.15, 0.2) is 0 Å². The molecule has 3 rings (SSSR count). The van der Waals surface area contributed by atoms with Crippen molar-refractivity contribution < 1.29 is 4.79 Å². The number of aromatic nitrogens is 1. The van der Waals surface area contributed by atoms with E-state index in [1.807, 2.05) is 43.3 Å². The molecule has 1 aromatic heterocycles. The molecule has 0 aliphatic rings. The molecule has 0 spiro atoms. The fraction of sp³-hybridized carbons (Fsp3) is 0.263. The average molecular weight is 324 g/mol. The first-order valence-electron chi connectivity index (χ1n) is 7.83. The zero-order chi connectivity index (χ0) is 16.2. The SMILES string of the molecule is Cc1ccc(C(=O)NCCCc2nc3ccccc3s2)cc1C. The number of hydrogen-bond donors (Lipinski definition) is 1. The topological polar surface area (TPSA) is 42.0 Å². The monoisotopic (exact) mass is 324 g/mol. The van der Waals surface area contributed by atoms with Crippen LogP contribution in [0, 0.1) is 13.8 Å². The lowest BCUT2D eigenvalue weighted by Gasteiger charge is -2.06. The molecular weight excluding hydrogens is 304 g/mol. The van der Waals surface area contributed by atoms with Crippen molar-refractivity contribution in [2.75, 3.05) is 6.54 Å². The Morgan fingerprint density at radius 1 is 1.13 bits per heavy atom. The molecule has 118 valence electrons. The molecule has 1 amide bonds. The molecule has 2 aromatic carbocycles. The number of benzene rings is 2. The molecule has 0 aliphatic carbocycles. The summed E-state index contributed by atoms with van der Waals surface area (Å²) < 4.78 is 1.22. The minimum Gasteiger partial charge on any atom is -0.352 e. The van der Waals surface area contributed by atoms with Crippen LogP contribution in [0.15, 0.2) is 42.5 Å². The minimum absolute atomic E-state index is 0.00241. The van der Waals surface area contributed by atoms with E-state index in [1.165, 1.54) is 10.3 Å². The third kappa shape index (κ3) is 3.77. The lowest BCUT2D eigenvalue weighted by atomic mass is 10.1. The molecule has 0 bridgehead atoms. The second-order valence-corrected chi connectivity index (χ2v) is 6.85. The van der Waals surface area contributed by atoms with Gasteiger partial charge in [0, 0.05) is 18.5 Å². The van der Waals surface area contributed by atoms with Gasteiger partial charge in [-0.2, -0.15) is 0 Å². The van der Waals surface area contributed by atoms with Crippen LogP contribution >= 0.6 is 11.3 Å². The van der Waals surface area contributed by atoms with Gasteiger partial charge in [-0.3, -0.25) is 4.79 Å². The number of aryl methyl sites for hydroxylation is 3. The molecule has 23 heavy (non-hydrogen) atoms. The Labute approximate surface area is 140 Å². The van der Waals surface area contributed by atoms with Crippen LogP contribution in [-0.2, 0) is 6.42 Å². The summed E-state index contributed by atoms with van der Waals surface area (Å²) in [7, 11) is 0. The van der Waals surface area contributed by atoms with Crippen LogP contribution in [-0.4, -0.2) is 17.4 Å². The summed E-state index contributed by atoms with van der Waals surface area (Å²) in [5, 5.41) is 4.12. The number of fused-ring (bicyclic) bond motifs is 1. The van der Waals surface area contributed by atoms with Crippen LogP contribution in [0.5, 0.6) is 0 Å². The lowest BCUT2D eigenvalue weighted by Crippen LogP contribution is -2.24. The molecule has 3 nitrogen and oxygen atoms in total. The molecule has 0 aliphatic heterocycles. The standard InChI is InChI=1S/C19H20N2OS/c1-13-9-10-15(12-14(13)2)19(22)20-11-5-8-18-21-16-6-3-4-7-17(16)23-18/h3-4,6-7,9-10,12H,5,8,11H2,1-2H3,(H,20,22). The van der Waals surface area contributed by atoms with Crippen molar-refractivity contribution in [2.24, 2.45) is 0 Å². The highest BCUT2D eigenvalue weighted by Gasteiger charge is 2.07. The Hall–Kier alpha value is -2.20. The smallest absolute Gasteiger partial charge is 0.251 e. The maximum absolute atomic E-state index is 12.1. The molecule has 0 saturated heterocycles. The Bertz CT molecular complexity index is 805. The van der Waals surface area contributed by atoms with Crippen LogP contribution in [0.4, 0.5) is 0 Å². The van der Waals surface area contributed by atoms with Gasteiger partial charge in [0.2, 0.25) is 0 Å². The highest BCUT2D eigenvalue weighted by atomic mass is 32.1. The first-order valence-corrected chi connectivity index (χ1v) is 8.65. The number of amides is 1. The van der Waals surface area contributed by atoms with Gasteiger partial charge < -0.3 is 5.32 Å². The van der Waals surface area contributed by atoms with Crippen LogP contribution in [0.25, 0.3) is 10.2 Å². The first kappa shape index (κ1) is 15.7. The van der Waals surface area contributed by atoms with Crippen LogP contribution in [0.1, 0.15) is 32.9 Å². The van der Waals surface area contributed by atoms with Crippen molar-refractivity contribution in [1.82, 2.24) is 10.3 Å². The van der Waals surface area contributed by atoms with E-state index in [9.17, 15) is 4.79 Å². The normalized spacial score (nSPS) is 10.9. The van der Waals surface area contributed by atoms with E-state index in [0.29, 0.717) is 6.54 Å². The van der Waals surface area contributed by atoms with Gasteiger partial charge in [0.05, 0.1) is 15.2 Å². The maximum Gasteiger partial charge on any atom is 0.251 e. The predicted molar refractivity (Wildman–Crippen MR) is 96.2 cm³/mol. The van der Waals surface area contributed by atoms with E-state index < -0.39 is 0 Å². The van der Waals surface area contributed by atoms with Crippen molar-refractivity contribution in [2.45, 2.75) is 26.7 Å². The Morgan fingerprint density at radius 2 is 1.96 bits per heavy atom. The average Bonchev–Trinajstić information content (AvgIpc) is 2.96. The van der Waals surface area contributed by atoms with E-state index in [2.05, 4.69) is 23.3 Å². The number of rotatable bonds is 5. The van der Waals surface area contributed by atoms with Crippen molar-refractivity contribution >= 4 is 27.5 Å². The zero-order valence-electron chi connectivity index (χ0n) is 13.4.